The van der Waals surface area contributed by atoms with Crippen molar-refractivity contribution in [1.82, 2.24) is 0 Å². The van der Waals surface area contributed by atoms with Gasteiger partial charge >= 0.3 is 0 Å². The molecule has 0 saturated carbocycles. The van der Waals surface area contributed by atoms with E-state index in [-0.39, 0.29) is 0 Å². The first-order valence-corrected chi connectivity index (χ1v) is 5.44. The SMILES string of the molecule is C/C(N)=C(/S)c1ccccc1S.C=CC. The summed E-state index contributed by atoms with van der Waals surface area (Å²) in [6, 6.07) is 7.73. The second kappa shape index (κ2) is 7.49. The van der Waals surface area contributed by atoms with E-state index in [2.05, 4.69) is 31.8 Å². The number of allylic oxidation sites excluding steroid dienone is 2. The molecule has 3 heteroatoms. The third-order valence-electron chi connectivity index (χ3n) is 1.53. The molecule has 1 aromatic carbocycles. The Morgan fingerprint density at radius 3 is 2.27 bits per heavy atom. The normalized spacial score (nSPS) is 10.9. The fourth-order valence-corrected chi connectivity index (χ4v) is 1.44. The summed E-state index contributed by atoms with van der Waals surface area (Å²) in [6.07, 6.45) is 1.75. The van der Waals surface area contributed by atoms with Crippen molar-refractivity contribution in [1.29, 1.82) is 0 Å². The minimum Gasteiger partial charge on any atom is -0.401 e. The van der Waals surface area contributed by atoms with Crippen LogP contribution in [0.15, 0.2) is 47.5 Å². The summed E-state index contributed by atoms with van der Waals surface area (Å²) in [4.78, 5) is 1.69. The van der Waals surface area contributed by atoms with Crippen LogP contribution in [0.3, 0.4) is 0 Å². The number of nitrogens with two attached hydrogens (primary N) is 1. The molecule has 0 saturated heterocycles. The van der Waals surface area contributed by atoms with E-state index in [0.29, 0.717) is 5.70 Å². The second-order valence-corrected chi connectivity index (χ2v) is 3.89. The van der Waals surface area contributed by atoms with Crippen LogP contribution in [0.1, 0.15) is 19.4 Å². The van der Waals surface area contributed by atoms with Crippen molar-refractivity contribution in [2.24, 2.45) is 5.73 Å². The van der Waals surface area contributed by atoms with Crippen molar-refractivity contribution in [2.75, 3.05) is 0 Å². The third-order valence-corrected chi connectivity index (χ3v) is 2.52. The predicted octanol–water partition coefficient (Wildman–Crippen LogP) is 3.74. The first-order chi connectivity index (χ1) is 7.04. The van der Waals surface area contributed by atoms with Crippen molar-refractivity contribution in [3.8, 4) is 0 Å². The van der Waals surface area contributed by atoms with Crippen LogP contribution in [-0.2, 0) is 0 Å². The fourth-order valence-electron chi connectivity index (χ4n) is 0.886. The Balaban J connectivity index is 0.000000583. The summed E-state index contributed by atoms with van der Waals surface area (Å²) < 4.78 is 0. The van der Waals surface area contributed by atoms with Crippen LogP contribution >= 0.6 is 25.3 Å². The Bertz CT molecular complexity index is 352. The highest BCUT2D eigenvalue weighted by Gasteiger charge is 2.01. The molecule has 0 amide bonds. The van der Waals surface area contributed by atoms with Gasteiger partial charge in [-0.25, -0.2) is 0 Å². The molecule has 0 fully saturated rings. The zero-order valence-corrected chi connectivity index (χ0v) is 10.9. The Kier molecular flexibility index (Phi) is 7.09. The molecule has 0 atom stereocenters. The molecule has 2 N–H and O–H groups in total. The van der Waals surface area contributed by atoms with Crippen LogP contribution < -0.4 is 5.73 Å². The van der Waals surface area contributed by atoms with E-state index in [0.717, 1.165) is 15.4 Å². The van der Waals surface area contributed by atoms with E-state index in [9.17, 15) is 0 Å². The lowest BCUT2D eigenvalue weighted by atomic mass is 10.2. The molecule has 0 heterocycles. The van der Waals surface area contributed by atoms with Crippen molar-refractivity contribution >= 4 is 30.2 Å². The number of hydrogen-bond acceptors (Lipinski definition) is 3. The molecule has 1 nitrogen and oxygen atoms in total. The third kappa shape index (κ3) is 5.00. The van der Waals surface area contributed by atoms with Gasteiger partial charge in [0.2, 0.25) is 0 Å². The van der Waals surface area contributed by atoms with Crippen molar-refractivity contribution < 1.29 is 0 Å². The first-order valence-electron chi connectivity index (χ1n) is 4.55. The standard InChI is InChI=1S/C9H11NS2.C3H6/c1-6(10)9(12)7-4-2-3-5-8(7)11;1-3-2/h2-5,11-12H,10H2,1H3;3H,1H2,2H3/b9-6-;. The summed E-state index contributed by atoms with van der Waals surface area (Å²) in [5, 5.41) is 0. The first kappa shape index (κ1) is 14.2. The highest BCUT2D eigenvalue weighted by molar-refractivity contribution is 7.90. The molecule has 0 bridgehead atoms. The second-order valence-electron chi connectivity index (χ2n) is 2.96. The van der Waals surface area contributed by atoms with Crippen LogP contribution in [0.5, 0.6) is 0 Å². The van der Waals surface area contributed by atoms with E-state index >= 15 is 0 Å². The Morgan fingerprint density at radius 1 is 1.40 bits per heavy atom. The van der Waals surface area contributed by atoms with Gasteiger partial charge in [0, 0.05) is 21.1 Å². The van der Waals surface area contributed by atoms with Crippen LogP contribution in [-0.4, -0.2) is 0 Å². The lowest BCUT2D eigenvalue weighted by molar-refractivity contribution is 1.32. The Hall–Kier alpha value is -0.800. The average Bonchev–Trinajstić information content (AvgIpc) is 2.18. The predicted molar refractivity (Wildman–Crippen MR) is 75.3 cm³/mol. The zero-order valence-electron chi connectivity index (χ0n) is 9.07. The van der Waals surface area contributed by atoms with Crippen LogP contribution in [0.4, 0.5) is 0 Å². The quantitative estimate of drug-likeness (QED) is 0.505. The average molecular weight is 239 g/mol. The van der Waals surface area contributed by atoms with Gasteiger partial charge in [0.25, 0.3) is 0 Å². The lowest BCUT2D eigenvalue weighted by Crippen LogP contribution is -1.94. The number of hydrogen-bond donors (Lipinski definition) is 3. The minimum absolute atomic E-state index is 0.708. The summed E-state index contributed by atoms with van der Waals surface area (Å²) in [5.41, 5.74) is 7.29. The van der Waals surface area contributed by atoms with Gasteiger partial charge in [0.1, 0.15) is 0 Å². The maximum absolute atomic E-state index is 5.61. The van der Waals surface area contributed by atoms with Crippen LogP contribution in [0.2, 0.25) is 0 Å². The minimum atomic E-state index is 0.708. The highest BCUT2D eigenvalue weighted by Crippen LogP contribution is 2.25. The molecule has 82 valence electrons. The molecule has 0 spiro atoms. The van der Waals surface area contributed by atoms with Crippen molar-refractivity contribution in [3.63, 3.8) is 0 Å². The van der Waals surface area contributed by atoms with E-state index < -0.39 is 0 Å². The van der Waals surface area contributed by atoms with Crippen molar-refractivity contribution in [3.05, 3.63) is 48.2 Å². The maximum Gasteiger partial charge on any atom is 0.0309 e. The van der Waals surface area contributed by atoms with E-state index in [1.54, 1.807) is 6.08 Å². The van der Waals surface area contributed by atoms with Gasteiger partial charge in [-0.1, -0.05) is 24.3 Å². The smallest absolute Gasteiger partial charge is 0.0309 e. The molecule has 0 aliphatic carbocycles. The molecule has 0 aliphatic heterocycles. The van der Waals surface area contributed by atoms with Crippen LogP contribution in [0.25, 0.3) is 4.91 Å². The molecule has 1 rings (SSSR count). The van der Waals surface area contributed by atoms with Crippen molar-refractivity contribution in [2.45, 2.75) is 18.7 Å². The summed E-state index contributed by atoms with van der Waals surface area (Å²) >= 11 is 8.58. The molecular formula is C12H17NS2. The molecule has 0 aliphatic rings. The summed E-state index contributed by atoms with van der Waals surface area (Å²) in [6.45, 7) is 7.07. The largest absolute Gasteiger partial charge is 0.401 e. The van der Waals surface area contributed by atoms with E-state index in [1.165, 1.54) is 0 Å². The molecule has 1 aromatic rings. The monoisotopic (exact) mass is 239 g/mol. The maximum atomic E-state index is 5.61. The van der Waals surface area contributed by atoms with Gasteiger partial charge in [-0.3, -0.25) is 0 Å². The molecule has 0 unspecified atom stereocenters. The topological polar surface area (TPSA) is 26.0 Å². The molecule has 0 radical (unpaired) electrons. The van der Waals surface area contributed by atoms with Gasteiger partial charge in [0.05, 0.1) is 0 Å². The Morgan fingerprint density at radius 2 is 1.87 bits per heavy atom. The lowest BCUT2D eigenvalue weighted by Gasteiger charge is -2.05. The van der Waals surface area contributed by atoms with E-state index in [1.807, 2.05) is 38.1 Å². The summed E-state index contributed by atoms with van der Waals surface area (Å²) in [7, 11) is 0. The van der Waals surface area contributed by atoms with Gasteiger partial charge in [-0.05, 0) is 19.9 Å². The molecule has 0 aromatic heterocycles. The van der Waals surface area contributed by atoms with Gasteiger partial charge < -0.3 is 5.73 Å². The Labute approximate surface area is 103 Å². The fraction of sp³-hybridized carbons (Fsp3) is 0.167. The van der Waals surface area contributed by atoms with E-state index in [4.69, 9.17) is 5.73 Å². The molecule has 15 heavy (non-hydrogen) atoms. The van der Waals surface area contributed by atoms with Gasteiger partial charge in [0.15, 0.2) is 0 Å². The number of rotatable bonds is 1. The summed E-state index contributed by atoms with van der Waals surface area (Å²) in [5.74, 6) is 0. The van der Waals surface area contributed by atoms with Gasteiger partial charge in [-0.15, -0.1) is 31.8 Å². The highest BCUT2D eigenvalue weighted by atomic mass is 32.1. The molecular weight excluding hydrogens is 222 g/mol. The number of thiol groups is 2. The zero-order chi connectivity index (χ0) is 11.8. The van der Waals surface area contributed by atoms with Crippen LogP contribution in [0, 0.1) is 0 Å². The number of benzene rings is 1. The van der Waals surface area contributed by atoms with Gasteiger partial charge in [-0.2, -0.15) is 0 Å².